The summed E-state index contributed by atoms with van der Waals surface area (Å²) in [6.45, 7) is 17.1. The number of hydrogen-bond acceptors (Lipinski definition) is 0. The summed E-state index contributed by atoms with van der Waals surface area (Å²) in [6.07, 6.45) is 14.7. The molecule has 0 aromatic rings. The maximum absolute atomic E-state index is 4.27. The van der Waals surface area contributed by atoms with Crippen molar-refractivity contribution in [2.24, 2.45) is 5.92 Å². The molecule has 1 unspecified atom stereocenters. The summed E-state index contributed by atoms with van der Waals surface area (Å²) in [4.78, 5) is 0. The molecule has 20 heavy (non-hydrogen) atoms. The Balaban J connectivity index is 4.49. The molecule has 0 aromatic heterocycles. The molecule has 0 bridgehead atoms. The van der Waals surface area contributed by atoms with E-state index in [1.165, 1.54) is 36.8 Å². The molecule has 0 aliphatic heterocycles. The Morgan fingerprint density at radius 3 is 2.30 bits per heavy atom. The lowest BCUT2D eigenvalue weighted by Crippen LogP contribution is -2.03. The lowest BCUT2D eigenvalue weighted by molar-refractivity contribution is 0.661. The Hall–Kier alpha value is -1.04. The summed E-state index contributed by atoms with van der Waals surface area (Å²) in [7, 11) is 0. The van der Waals surface area contributed by atoms with Crippen LogP contribution in [0.2, 0.25) is 0 Å². The molecule has 0 amide bonds. The van der Waals surface area contributed by atoms with Crippen molar-refractivity contribution in [3.05, 3.63) is 48.1 Å². The van der Waals surface area contributed by atoms with Gasteiger partial charge >= 0.3 is 0 Å². The second kappa shape index (κ2) is 11.8. The zero-order valence-corrected chi connectivity index (χ0v) is 14.2. The fraction of sp³-hybridized carbons (Fsp3) is 0.600. The van der Waals surface area contributed by atoms with E-state index in [0.717, 1.165) is 19.3 Å². The first kappa shape index (κ1) is 19.0. The predicted molar refractivity (Wildman–Crippen MR) is 94.0 cm³/mol. The van der Waals surface area contributed by atoms with Crippen LogP contribution in [-0.2, 0) is 0 Å². The zero-order chi connectivity index (χ0) is 15.4. The first-order valence-electron chi connectivity index (χ1n) is 8.27. The quantitative estimate of drug-likeness (QED) is 0.281. The highest BCUT2D eigenvalue weighted by molar-refractivity contribution is 5.18. The fourth-order valence-corrected chi connectivity index (χ4v) is 2.62. The zero-order valence-electron chi connectivity index (χ0n) is 14.2. The van der Waals surface area contributed by atoms with Crippen LogP contribution in [0.15, 0.2) is 48.1 Å². The van der Waals surface area contributed by atoms with Crippen molar-refractivity contribution in [2.45, 2.75) is 72.6 Å². The molecule has 0 radical (unpaired) electrons. The highest BCUT2D eigenvalue weighted by atomic mass is 14.2. The second-order valence-corrected chi connectivity index (χ2v) is 5.58. The monoisotopic (exact) mass is 274 g/mol. The van der Waals surface area contributed by atoms with Gasteiger partial charge < -0.3 is 0 Å². The minimum absolute atomic E-state index is 0.545. The molecule has 0 N–H and O–H groups in total. The van der Waals surface area contributed by atoms with Crippen LogP contribution in [0, 0.1) is 5.92 Å². The van der Waals surface area contributed by atoms with E-state index in [1.54, 1.807) is 5.57 Å². The van der Waals surface area contributed by atoms with Crippen LogP contribution >= 0.6 is 0 Å². The van der Waals surface area contributed by atoms with Gasteiger partial charge in [-0.2, -0.15) is 0 Å². The SMILES string of the molecule is C=CC=C(CC)CCCC(=CCC)C(C)C(=C)CCC. The van der Waals surface area contributed by atoms with E-state index in [4.69, 9.17) is 0 Å². The van der Waals surface area contributed by atoms with E-state index < -0.39 is 0 Å². The van der Waals surface area contributed by atoms with E-state index in [1.807, 2.05) is 6.08 Å². The average molecular weight is 274 g/mol. The van der Waals surface area contributed by atoms with Crippen molar-refractivity contribution >= 4 is 0 Å². The Bertz CT molecular complexity index is 341. The first-order chi connectivity index (χ1) is 9.60. The number of allylic oxidation sites excluding steroid dienone is 6. The van der Waals surface area contributed by atoms with Crippen LogP contribution in [0.3, 0.4) is 0 Å². The summed E-state index contributed by atoms with van der Waals surface area (Å²) in [5, 5.41) is 0. The third-order valence-corrected chi connectivity index (χ3v) is 3.98. The van der Waals surface area contributed by atoms with Crippen LogP contribution in [0.4, 0.5) is 0 Å². The number of rotatable bonds is 11. The van der Waals surface area contributed by atoms with Gasteiger partial charge in [-0.15, -0.1) is 0 Å². The Morgan fingerprint density at radius 2 is 1.80 bits per heavy atom. The van der Waals surface area contributed by atoms with E-state index in [-0.39, 0.29) is 0 Å². The lowest BCUT2D eigenvalue weighted by Gasteiger charge is -2.19. The Morgan fingerprint density at radius 1 is 1.10 bits per heavy atom. The fourth-order valence-electron chi connectivity index (χ4n) is 2.62. The Kier molecular flexibility index (Phi) is 11.1. The summed E-state index contributed by atoms with van der Waals surface area (Å²) < 4.78 is 0. The van der Waals surface area contributed by atoms with Crippen LogP contribution in [0.25, 0.3) is 0 Å². The van der Waals surface area contributed by atoms with Crippen molar-refractivity contribution < 1.29 is 0 Å². The van der Waals surface area contributed by atoms with Crippen LogP contribution in [0.1, 0.15) is 72.6 Å². The molecule has 0 fully saturated rings. The van der Waals surface area contributed by atoms with E-state index in [2.05, 4.69) is 53.0 Å². The molecule has 0 heterocycles. The predicted octanol–water partition coefficient (Wildman–Crippen LogP) is 7.01. The molecule has 0 heteroatoms. The Labute approximate surface area is 127 Å². The summed E-state index contributed by atoms with van der Waals surface area (Å²) >= 11 is 0. The molecule has 0 saturated heterocycles. The van der Waals surface area contributed by atoms with E-state index in [9.17, 15) is 0 Å². The van der Waals surface area contributed by atoms with Crippen molar-refractivity contribution in [1.82, 2.24) is 0 Å². The lowest BCUT2D eigenvalue weighted by atomic mass is 9.87. The second-order valence-electron chi connectivity index (χ2n) is 5.58. The molecule has 0 rings (SSSR count). The molecule has 0 aromatic carbocycles. The van der Waals surface area contributed by atoms with Crippen molar-refractivity contribution in [2.75, 3.05) is 0 Å². The maximum Gasteiger partial charge on any atom is -0.00241 e. The average Bonchev–Trinajstić information content (AvgIpc) is 2.44. The minimum Gasteiger partial charge on any atom is -0.0993 e. The molecule has 0 spiro atoms. The topological polar surface area (TPSA) is 0 Å². The maximum atomic E-state index is 4.27. The molecule has 0 aliphatic carbocycles. The van der Waals surface area contributed by atoms with Crippen molar-refractivity contribution in [1.29, 1.82) is 0 Å². The smallest absolute Gasteiger partial charge is 0.00241 e. The molecular weight excluding hydrogens is 240 g/mol. The van der Waals surface area contributed by atoms with Crippen LogP contribution < -0.4 is 0 Å². The van der Waals surface area contributed by atoms with Gasteiger partial charge in [0.05, 0.1) is 0 Å². The normalized spacial score (nSPS) is 14.2. The van der Waals surface area contributed by atoms with Gasteiger partial charge in [-0.25, -0.2) is 0 Å². The van der Waals surface area contributed by atoms with Crippen LogP contribution in [-0.4, -0.2) is 0 Å². The summed E-state index contributed by atoms with van der Waals surface area (Å²) in [5.41, 5.74) is 4.49. The minimum atomic E-state index is 0.545. The summed E-state index contributed by atoms with van der Waals surface area (Å²) in [5.74, 6) is 0.545. The van der Waals surface area contributed by atoms with Gasteiger partial charge in [0.1, 0.15) is 0 Å². The molecule has 1 atom stereocenters. The highest BCUT2D eigenvalue weighted by Crippen LogP contribution is 2.27. The van der Waals surface area contributed by atoms with Crippen molar-refractivity contribution in [3.8, 4) is 0 Å². The van der Waals surface area contributed by atoms with Gasteiger partial charge in [0.2, 0.25) is 0 Å². The molecule has 114 valence electrons. The largest absolute Gasteiger partial charge is 0.0993 e. The molecular formula is C20H34. The molecule has 0 saturated carbocycles. The van der Waals surface area contributed by atoms with Gasteiger partial charge in [-0.05, 0) is 44.4 Å². The van der Waals surface area contributed by atoms with Gasteiger partial charge in [-0.1, -0.05) is 82.2 Å². The number of hydrogen-bond donors (Lipinski definition) is 0. The van der Waals surface area contributed by atoms with Gasteiger partial charge in [0.25, 0.3) is 0 Å². The third-order valence-electron chi connectivity index (χ3n) is 3.98. The van der Waals surface area contributed by atoms with E-state index >= 15 is 0 Å². The van der Waals surface area contributed by atoms with Gasteiger partial charge in [0, 0.05) is 0 Å². The van der Waals surface area contributed by atoms with Gasteiger partial charge in [0.15, 0.2) is 0 Å². The summed E-state index contributed by atoms with van der Waals surface area (Å²) in [6, 6.07) is 0. The van der Waals surface area contributed by atoms with Gasteiger partial charge in [-0.3, -0.25) is 0 Å². The standard InChI is InChI=1S/C20H34/c1-7-12-17(5)18(6)20(14-9-3)16-11-15-19(10-4)13-8-2/h8,13-14,18H,2,5,7,9-12,15-16H2,1,3-4,6H3. The first-order valence-corrected chi connectivity index (χ1v) is 8.27. The molecule has 0 nitrogen and oxygen atoms in total. The van der Waals surface area contributed by atoms with Crippen LogP contribution in [0.5, 0.6) is 0 Å². The highest BCUT2D eigenvalue weighted by Gasteiger charge is 2.11. The molecule has 0 aliphatic rings. The third kappa shape index (κ3) is 7.53. The van der Waals surface area contributed by atoms with Crippen molar-refractivity contribution in [3.63, 3.8) is 0 Å². The van der Waals surface area contributed by atoms with E-state index in [0.29, 0.717) is 5.92 Å².